The van der Waals surface area contributed by atoms with Crippen LogP contribution in [0.1, 0.15) is 18.1 Å². The highest BCUT2D eigenvalue weighted by Gasteiger charge is 2.07. The van der Waals surface area contributed by atoms with Crippen LogP contribution in [0.15, 0.2) is 24.4 Å². The van der Waals surface area contributed by atoms with Gasteiger partial charge in [-0.15, -0.1) is 0 Å². The lowest BCUT2D eigenvalue weighted by atomic mass is 10.1. The first kappa shape index (κ1) is 10.6. The molecule has 1 aromatic heterocycles. The molecule has 0 atom stereocenters. The van der Waals surface area contributed by atoms with Gasteiger partial charge in [-0.3, -0.25) is 0 Å². The molecule has 0 N–H and O–H groups in total. The first-order valence-corrected chi connectivity index (χ1v) is 6.50. The Morgan fingerprint density at radius 2 is 2.13 bits per heavy atom. The van der Waals surface area contributed by atoms with Crippen molar-refractivity contribution in [3.8, 4) is 0 Å². The van der Waals surface area contributed by atoms with Crippen LogP contribution in [0.2, 0.25) is 0 Å². The Balaban J connectivity index is 2.54. The van der Waals surface area contributed by atoms with Crippen molar-refractivity contribution < 1.29 is 0 Å². The second kappa shape index (κ2) is 4.31. The Morgan fingerprint density at radius 3 is 2.87 bits per heavy atom. The molecule has 0 spiro atoms. The highest BCUT2D eigenvalue weighted by Crippen LogP contribution is 2.27. The summed E-state index contributed by atoms with van der Waals surface area (Å²) in [4.78, 5) is 0. The fourth-order valence-corrected chi connectivity index (χ4v) is 2.70. The molecule has 1 heterocycles. The van der Waals surface area contributed by atoms with Gasteiger partial charge in [-0.1, -0.05) is 19.1 Å². The van der Waals surface area contributed by atoms with Crippen LogP contribution in [0, 0.1) is 6.92 Å². The summed E-state index contributed by atoms with van der Waals surface area (Å²) in [5, 5.41) is 1.45. The number of nitrogens with zero attached hydrogens (tertiary/aromatic N) is 1. The van der Waals surface area contributed by atoms with E-state index >= 15 is 0 Å². The number of hydrogen-bond donors (Lipinski definition) is 0. The van der Waals surface area contributed by atoms with E-state index in [9.17, 15) is 0 Å². The summed E-state index contributed by atoms with van der Waals surface area (Å²) in [6.45, 7) is 4.41. The molecule has 0 saturated heterocycles. The predicted octanol–water partition coefficient (Wildman–Crippen LogP) is 3.74. The van der Waals surface area contributed by atoms with E-state index in [0.29, 0.717) is 0 Å². The first-order valence-electron chi connectivity index (χ1n) is 5.35. The van der Waals surface area contributed by atoms with Crippen molar-refractivity contribution in [2.45, 2.75) is 19.6 Å². The topological polar surface area (TPSA) is 4.93 Å². The van der Waals surface area contributed by atoms with E-state index < -0.39 is 0 Å². The van der Waals surface area contributed by atoms with Gasteiger partial charge in [0.25, 0.3) is 0 Å². The maximum atomic E-state index is 2.26. The normalized spacial score (nSPS) is 11.1. The van der Waals surface area contributed by atoms with Gasteiger partial charge in [-0.25, -0.2) is 0 Å². The second-order valence-electron chi connectivity index (χ2n) is 3.87. The van der Waals surface area contributed by atoms with Crippen LogP contribution < -0.4 is 0 Å². The van der Waals surface area contributed by atoms with E-state index in [1.807, 2.05) is 11.8 Å². The first-order chi connectivity index (χ1) is 7.24. The fourth-order valence-electron chi connectivity index (χ4n) is 2.05. The monoisotopic (exact) mass is 219 g/mol. The van der Waals surface area contributed by atoms with Crippen molar-refractivity contribution in [2.24, 2.45) is 7.05 Å². The molecular weight excluding hydrogens is 202 g/mol. The van der Waals surface area contributed by atoms with E-state index in [2.05, 4.69) is 49.9 Å². The van der Waals surface area contributed by atoms with E-state index in [1.165, 1.54) is 27.8 Å². The number of rotatable bonds is 3. The molecule has 0 amide bonds. The fraction of sp³-hybridized carbons (Fsp3) is 0.385. The Morgan fingerprint density at radius 1 is 1.33 bits per heavy atom. The van der Waals surface area contributed by atoms with Gasteiger partial charge in [-0.05, 0) is 29.9 Å². The van der Waals surface area contributed by atoms with Crippen molar-refractivity contribution in [2.75, 3.05) is 5.75 Å². The highest BCUT2D eigenvalue weighted by atomic mass is 32.2. The number of thioether (sulfide) groups is 1. The molecule has 0 aliphatic carbocycles. The highest BCUT2D eigenvalue weighted by molar-refractivity contribution is 7.98. The van der Waals surface area contributed by atoms with Crippen LogP contribution in [0.3, 0.4) is 0 Å². The zero-order chi connectivity index (χ0) is 10.8. The molecule has 2 heteroatoms. The van der Waals surface area contributed by atoms with Gasteiger partial charge in [0, 0.05) is 29.9 Å². The smallest absolute Gasteiger partial charge is 0.0483 e. The van der Waals surface area contributed by atoms with Crippen molar-refractivity contribution in [1.29, 1.82) is 0 Å². The number of fused-ring (bicyclic) bond motifs is 1. The van der Waals surface area contributed by atoms with Crippen LogP contribution in [-0.4, -0.2) is 10.3 Å². The molecule has 1 nitrogen and oxygen atoms in total. The molecule has 0 unspecified atom stereocenters. The zero-order valence-electron chi connectivity index (χ0n) is 9.58. The third-order valence-electron chi connectivity index (χ3n) is 2.76. The van der Waals surface area contributed by atoms with Crippen LogP contribution in [-0.2, 0) is 12.8 Å². The summed E-state index contributed by atoms with van der Waals surface area (Å²) < 4.78 is 2.23. The van der Waals surface area contributed by atoms with Crippen molar-refractivity contribution >= 4 is 22.7 Å². The third-order valence-corrected chi connectivity index (χ3v) is 3.69. The lowest BCUT2D eigenvalue weighted by Gasteiger charge is -2.00. The van der Waals surface area contributed by atoms with Gasteiger partial charge in [-0.2, -0.15) is 11.8 Å². The average Bonchev–Trinajstić information content (AvgIpc) is 2.55. The number of aryl methyl sites for hydroxylation is 2. The van der Waals surface area contributed by atoms with E-state index in [-0.39, 0.29) is 0 Å². The van der Waals surface area contributed by atoms with Crippen LogP contribution in [0.5, 0.6) is 0 Å². The SMILES string of the molecule is CCSCc1cn(C)c2cccc(C)c12. The Kier molecular flexibility index (Phi) is 3.06. The Bertz CT molecular complexity index is 471. The minimum Gasteiger partial charge on any atom is -0.350 e. The van der Waals surface area contributed by atoms with Crippen LogP contribution >= 0.6 is 11.8 Å². The zero-order valence-corrected chi connectivity index (χ0v) is 10.4. The standard InChI is InChI=1S/C13H17NS/c1-4-15-9-11-8-14(3)12-7-5-6-10(2)13(11)12/h5-8H,4,9H2,1-3H3. The summed E-state index contributed by atoms with van der Waals surface area (Å²) in [5.41, 5.74) is 4.21. The van der Waals surface area contributed by atoms with Crippen LogP contribution in [0.4, 0.5) is 0 Å². The molecule has 0 aliphatic rings. The summed E-state index contributed by atoms with van der Waals surface area (Å²) in [7, 11) is 2.13. The molecule has 2 aromatic rings. The maximum Gasteiger partial charge on any atom is 0.0483 e. The average molecular weight is 219 g/mol. The third kappa shape index (κ3) is 1.91. The molecule has 0 fully saturated rings. The lowest BCUT2D eigenvalue weighted by Crippen LogP contribution is -1.83. The molecule has 0 saturated carbocycles. The van der Waals surface area contributed by atoms with Gasteiger partial charge in [0.05, 0.1) is 0 Å². The molecule has 15 heavy (non-hydrogen) atoms. The van der Waals surface area contributed by atoms with Gasteiger partial charge < -0.3 is 4.57 Å². The minimum absolute atomic E-state index is 1.12. The summed E-state index contributed by atoms with van der Waals surface area (Å²) in [6, 6.07) is 6.53. The Hall–Kier alpha value is -0.890. The minimum atomic E-state index is 1.12. The van der Waals surface area contributed by atoms with Gasteiger partial charge in [0.2, 0.25) is 0 Å². The number of benzene rings is 1. The van der Waals surface area contributed by atoms with Gasteiger partial charge in [0.1, 0.15) is 0 Å². The summed E-state index contributed by atoms with van der Waals surface area (Å²) in [6.07, 6.45) is 2.26. The van der Waals surface area contributed by atoms with E-state index in [4.69, 9.17) is 0 Å². The molecule has 0 aliphatic heterocycles. The molecule has 0 radical (unpaired) electrons. The van der Waals surface area contributed by atoms with Crippen LogP contribution in [0.25, 0.3) is 10.9 Å². The number of hydrogen-bond acceptors (Lipinski definition) is 1. The molecule has 2 rings (SSSR count). The molecular formula is C13H17NS. The summed E-state index contributed by atoms with van der Waals surface area (Å²) in [5.74, 6) is 2.31. The lowest BCUT2D eigenvalue weighted by molar-refractivity contribution is 0.963. The summed E-state index contributed by atoms with van der Waals surface area (Å²) >= 11 is 1.98. The van der Waals surface area contributed by atoms with Crippen molar-refractivity contribution in [3.63, 3.8) is 0 Å². The molecule has 0 bridgehead atoms. The molecule has 1 aromatic carbocycles. The Labute approximate surface area is 95.5 Å². The molecule has 80 valence electrons. The quantitative estimate of drug-likeness (QED) is 0.761. The van der Waals surface area contributed by atoms with E-state index in [0.717, 1.165) is 5.75 Å². The van der Waals surface area contributed by atoms with Crippen molar-refractivity contribution in [1.82, 2.24) is 4.57 Å². The van der Waals surface area contributed by atoms with Gasteiger partial charge >= 0.3 is 0 Å². The maximum absolute atomic E-state index is 2.26. The second-order valence-corrected chi connectivity index (χ2v) is 5.15. The van der Waals surface area contributed by atoms with Crippen molar-refractivity contribution in [3.05, 3.63) is 35.5 Å². The van der Waals surface area contributed by atoms with E-state index in [1.54, 1.807) is 0 Å². The number of aromatic nitrogens is 1. The van der Waals surface area contributed by atoms with Gasteiger partial charge in [0.15, 0.2) is 0 Å². The largest absolute Gasteiger partial charge is 0.350 e. The predicted molar refractivity (Wildman–Crippen MR) is 69.5 cm³/mol.